The van der Waals surface area contributed by atoms with Crippen LogP contribution in [-0.4, -0.2) is 72.0 Å². The summed E-state index contributed by atoms with van der Waals surface area (Å²) in [5.74, 6) is -3.16. The van der Waals surface area contributed by atoms with Crippen molar-refractivity contribution in [3.05, 3.63) is 71.8 Å². The van der Waals surface area contributed by atoms with Crippen molar-refractivity contribution in [3.63, 3.8) is 0 Å². The average Bonchev–Trinajstić information content (AvgIpc) is 2.98. The van der Waals surface area contributed by atoms with Crippen molar-refractivity contribution in [1.29, 1.82) is 0 Å². The third-order valence-corrected chi connectivity index (χ3v) is 6.70. The minimum absolute atomic E-state index is 0.0469. The van der Waals surface area contributed by atoms with E-state index in [9.17, 15) is 24.3 Å². The molecule has 0 fully saturated rings. The number of rotatable bonds is 19. The highest BCUT2D eigenvalue weighted by Gasteiger charge is 2.30. The molecule has 0 aliphatic rings. The molecule has 0 aromatic heterocycles. The van der Waals surface area contributed by atoms with Gasteiger partial charge < -0.3 is 44.0 Å². The number of amides is 3. The van der Waals surface area contributed by atoms with Gasteiger partial charge in [-0.25, -0.2) is 4.79 Å². The zero-order chi connectivity index (χ0) is 31.6. The zero-order valence-electron chi connectivity index (χ0n) is 24.3. The van der Waals surface area contributed by atoms with E-state index in [0.29, 0.717) is 32.2 Å². The fourth-order valence-electron chi connectivity index (χ4n) is 4.34. The van der Waals surface area contributed by atoms with E-state index in [1.54, 1.807) is 30.3 Å². The number of unbranched alkanes of at least 4 members (excludes halogenated alkanes) is 1. The number of carbonyl (C=O) groups is 4. The quantitative estimate of drug-likeness (QED) is 0.0592. The van der Waals surface area contributed by atoms with Crippen LogP contribution in [0.1, 0.15) is 43.2 Å². The van der Waals surface area contributed by atoms with Crippen molar-refractivity contribution >= 4 is 29.7 Å². The van der Waals surface area contributed by atoms with Crippen LogP contribution in [0.5, 0.6) is 0 Å². The molecule has 0 aliphatic carbocycles. The fourth-order valence-corrected chi connectivity index (χ4v) is 4.34. The molecule has 4 atom stereocenters. The number of carbonyl (C=O) groups excluding carboxylic acids is 3. The van der Waals surface area contributed by atoms with E-state index in [4.69, 9.17) is 22.9 Å². The lowest BCUT2D eigenvalue weighted by atomic mass is 10.0. The molecule has 0 bridgehead atoms. The van der Waals surface area contributed by atoms with E-state index < -0.39 is 47.9 Å². The SMILES string of the molecule is NCCCCC(N)C(=O)NC(Cc1ccccc1)C(=O)NC(CCCN=C(N)N)C(=O)NC(Cc1ccccc1)C(=O)O. The first-order chi connectivity index (χ1) is 20.6. The van der Waals surface area contributed by atoms with Gasteiger partial charge in [0.05, 0.1) is 6.04 Å². The smallest absolute Gasteiger partial charge is 0.326 e. The van der Waals surface area contributed by atoms with Gasteiger partial charge in [0.25, 0.3) is 0 Å². The number of aliphatic imine (C=N–C) groups is 1. The third kappa shape index (κ3) is 13.4. The molecule has 0 saturated heterocycles. The van der Waals surface area contributed by atoms with Gasteiger partial charge in [0.15, 0.2) is 5.96 Å². The first kappa shape index (κ1) is 34.7. The number of nitrogens with one attached hydrogen (secondary N) is 3. The molecule has 4 unspecified atom stereocenters. The molecular formula is C30H44N8O5. The second kappa shape index (κ2) is 18.8. The summed E-state index contributed by atoms with van der Waals surface area (Å²) >= 11 is 0. The topological polar surface area (TPSA) is 241 Å². The van der Waals surface area contributed by atoms with Crippen LogP contribution in [0.2, 0.25) is 0 Å². The van der Waals surface area contributed by atoms with E-state index in [-0.39, 0.29) is 31.8 Å². The Morgan fingerprint density at radius 3 is 1.74 bits per heavy atom. The van der Waals surface area contributed by atoms with E-state index in [2.05, 4.69) is 20.9 Å². The third-order valence-electron chi connectivity index (χ3n) is 6.70. The minimum atomic E-state index is -1.24. The molecule has 2 aromatic carbocycles. The molecule has 0 saturated carbocycles. The molecule has 0 spiro atoms. The Morgan fingerprint density at radius 1 is 0.698 bits per heavy atom. The lowest BCUT2D eigenvalue weighted by Gasteiger charge is -2.25. The number of aliphatic carboxylic acids is 1. The van der Waals surface area contributed by atoms with Crippen molar-refractivity contribution in [3.8, 4) is 0 Å². The highest BCUT2D eigenvalue weighted by Crippen LogP contribution is 2.09. The number of nitrogens with two attached hydrogens (primary N) is 4. The van der Waals surface area contributed by atoms with Crippen LogP contribution in [0, 0.1) is 0 Å². The van der Waals surface area contributed by atoms with E-state index in [0.717, 1.165) is 11.1 Å². The zero-order valence-corrected chi connectivity index (χ0v) is 24.3. The number of guanidine groups is 1. The van der Waals surface area contributed by atoms with Gasteiger partial charge in [-0.3, -0.25) is 19.4 Å². The predicted molar refractivity (Wildman–Crippen MR) is 165 cm³/mol. The second-order valence-corrected chi connectivity index (χ2v) is 10.2. The van der Waals surface area contributed by atoms with Gasteiger partial charge in [-0.05, 0) is 43.4 Å². The Morgan fingerprint density at radius 2 is 1.21 bits per heavy atom. The maximum absolute atomic E-state index is 13.6. The summed E-state index contributed by atoms with van der Waals surface area (Å²) in [6.07, 6.45) is 2.38. The summed E-state index contributed by atoms with van der Waals surface area (Å²) in [6.45, 7) is 0.671. The molecule has 0 aliphatic heterocycles. The first-order valence-electron chi connectivity index (χ1n) is 14.3. The molecule has 2 rings (SSSR count). The van der Waals surface area contributed by atoms with Crippen molar-refractivity contribution in [1.82, 2.24) is 16.0 Å². The van der Waals surface area contributed by atoms with Crippen LogP contribution < -0.4 is 38.9 Å². The second-order valence-electron chi connectivity index (χ2n) is 10.2. The van der Waals surface area contributed by atoms with Crippen LogP contribution in [0.25, 0.3) is 0 Å². The lowest BCUT2D eigenvalue weighted by Crippen LogP contribution is -2.57. The van der Waals surface area contributed by atoms with Crippen LogP contribution in [0.3, 0.4) is 0 Å². The van der Waals surface area contributed by atoms with Gasteiger partial charge in [-0.2, -0.15) is 0 Å². The molecule has 2 aromatic rings. The predicted octanol–water partition coefficient (Wildman–Crippen LogP) is -0.479. The molecule has 0 heterocycles. The van der Waals surface area contributed by atoms with E-state index in [1.165, 1.54) is 0 Å². The van der Waals surface area contributed by atoms with Gasteiger partial charge in [-0.15, -0.1) is 0 Å². The molecule has 3 amide bonds. The standard InChI is InChI=1S/C30H44N8O5/c31-16-8-7-14-22(32)26(39)37-24(18-20-10-3-1-4-11-20)28(41)36-23(15-9-17-35-30(33)34)27(40)38-25(29(42)43)19-21-12-5-2-6-13-21/h1-6,10-13,22-25H,7-9,14-19,31-32H2,(H,36,41)(H,37,39)(H,38,40)(H,42,43)(H4,33,34,35). The number of carboxylic acid groups (broad SMARTS) is 1. The monoisotopic (exact) mass is 596 g/mol. The first-order valence-corrected chi connectivity index (χ1v) is 14.3. The van der Waals surface area contributed by atoms with Crippen molar-refractivity contribution in [2.45, 2.75) is 69.1 Å². The number of benzene rings is 2. The molecule has 13 heteroatoms. The van der Waals surface area contributed by atoms with Crippen LogP contribution in [-0.2, 0) is 32.0 Å². The van der Waals surface area contributed by atoms with Gasteiger partial charge in [-0.1, -0.05) is 67.1 Å². The summed E-state index contributed by atoms with van der Waals surface area (Å²) < 4.78 is 0. The number of hydrogen-bond acceptors (Lipinski definition) is 7. The van der Waals surface area contributed by atoms with Crippen molar-refractivity contribution < 1.29 is 24.3 Å². The molecule has 234 valence electrons. The Balaban J connectivity index is 2.23. The maximum atomic E-state index is 13.6. The molecule has 13 nitrogen and oxygen atoms in total. The van der Waals surface area contributed by atoms with Gasteiger partial charge >= 0.3 is 5.97 Å². The average molecular weight is 597 g/mol. The number of hydrogen-bond donors (Lipinski definition) is 8. The largest absolute Gasteiger partial charge is 0.480 e. The Labute approximate surface area is 251 Å². The van der Waals surface area contributed by atoms with Crippen molar-refractivity contribution in [2.75, 3.05) is 13.1 Å². The fraction of sp³-hybridized carbons (Fsp3) is 0.433. The highest BCUT2D eigenvalue weighted by atomic mass is 16.4. The molecule has 43 heavy (non-hydrogen) atoms. The van der Waals surface area contributed by atoms with E-state index >= 15 is 0 Å². The normalized spacial score (nSPS) is 13.5. The summed E-state index contributed by atoms with van der Waals surface area (Å²) in [7, 11) is 0. The Kier molecular flexibility index (Phi) is 15.2. The summed E-state index contributed by atoms with van der Waals surface area (Å²) in [4.78, 5) is 55.8. The van der Waals surface area contributed by atoms with E-state index in [1.807, 2.05) is 30.3 Å². The molecule has 12 N–H and O–H groups in total. The number of nitrogens with zero attached hydrogens (tertiary/aromatic N) is 1. The maximum Gasteiger partial charge on any atom is 0.326 e. The Hall–Kier alpha value is -4.49. The van der Waals surface area contributed by atoms with Crippen LogP contribution in [0.15, 0.2) is 65.7 Å². The minimum Gasteiger partial charge on any atom is -0.480 e. The summed E-state index contributed by atoms with van der Waals surface area (Å²) in [6, 6.07) is 13.7. The van der Waals surface area contributed by atoms with Crippen LogP contribution in [0.4, 0.5) is 0 Å². The number of carboxylic acids is 1. The molecule has 0 radical (unpaired) electrons. The summed E-state index contributed by atoms with van der Waals surface area (Å²) in [5.41, 5.74) is 23.9. The van der Waals surface area contributed by atoms with Gasteiger partial charge in [0.1, 0.15) is 18.1 Å². The Bertz CT molecular complexity index is 1190. The molecular weight excluding hydrogens is 552 g/mol. The summed E-state index contributed by atoms with van der Waals surface area (Å²) in [5, 5.41) is 17.8. The van der Waals surface area contributed by atoms with Gasteiger partial charge in [0, 0.05) is 19.4 Å². The van der Waals surface area contributed by atoms with Gasteiger partial charge in [0.2, 0.25) is 17.7 Å². The van der Waals surface area contributed by atoms with Crippen molar-refractivity contribution in [2.24, 2.45) is 27.9 Å². The lowest BCUT2D eigenvalue weighted by molar-refractivity contribution is -0.142. The highest BCUT2D eigenvalue weighted by molar-refractivity contribution is 5.94. The van der Waals surface area contributed by atoms with Crippen LogP contribution >= 0.6 is 0 Å².